The second-order valence-corrected chi connectivity index (χ2v) is 7.18. The molecule has 0 fully saturated rings. The number of amides is 1. The molecule has 0 spiro atoms. The lowest BCUT2D eigenvalue weighted by Gasteiger charge is -2.09. The largest absolute Gasteiger partial charge is 0.354 e. The number of Topliss-reactive ketones (excluding diaryl/α,β-unsaturated/α-hetero) is 1. The number of anilines is 1. The Morgan fingerprint density at radius 2 is 2.12 bits per heavy atom. The molecule has 0 atom stereocenters. The van der Waals surface area contributed by atoms with Crippen molar-refractivity contribution in [3.8, 4) is 0 Å². The molecule has 0 aliphatic heterocycles. The molecule has 2 heterocycles. The number of carbonyl (C=O) groups is 2. The molecular formula is C18H17N3O2S. The molecule has 2 aromatic heterocycles. The lowest BCUT2D eigenvalue weighted by molar-refractivity contribution is 0.0971. The number of fused-ring (bicyclic) bond motifs is 2. The lowest BCUT2D eigenvalue weighted by atomic mass is 9.94. The summed E-state index contributed by atoms with van der Waals surface area (Å²) in [6.45, 7) is 3.83. The number of ketones is 1. The highest BCUT2D eigenvalue weighted by atomic mass is 32.1. The van der Waals surface area contributed by atoms with Crippen molar-refractivity contribution in [2.24, 2.45) is 0 Å². The molecule has 1 aliphatic rings. The topological polar surface area (TPSA) is 74.8 Å². The summed E-state index contributed by atoms with van der Waals surface area (Å²) in [5.41, 5.74) is 4.79. The first kappa shape index (κ1) is 15.1. The fourth-order valence-corrected chi connectivity index (χ4v) is 4.24. The summed E-state index contributed by atoms with van der Waals surface area (Å²) in [5, 5.41) is 3.44. The molecular weight excluding hydrogens is 322 g/mol. The van der Waals surface area contributed by atoms with Crippen LogP contribution in [0, 0.1) is 13.8 Å². The Morgan fingerprint density at radius 1 is 1.29 bits per heavy atom. The van der Waals surface area contributed by atoms with Crippen molar-refractivity contribution >= 4 is 38.4 Å². The van der Waals surface area contributed by atoms with Gasteiger partial charge in [-0.05, 0) is 43.9 Å². The van der Waals surface area contributed by atoms with Gasteiger partial charge in [0.15, 0.2) is 10.9 Å². The van der Waals surface area contributed by atoms with Crippen LogP contribution in [0.4, 0.5) is 5.13 Å². The second-order valence-electron chi connectivity index (χ2n) is 6.15. The zero-order chi connectivity index (χ0) is 16.8. The van der Waals surface area contributed by atoms with E-state index in [9.17, 15) is 9.59 Å². The Hall–Kier alpha value is -2.47. The van der Waals surface area contributed by atoms with Gasteiger partial charge in [0, 0.05) is 17.7 Å². The van der Waals surface area contributed by atoms with Crippen LogP contribution >= 0.6 is 11.3 Å². The minimum atomic E-state index is -0.244. The fraction of sp³-hybridized carbons (Fsp3) is 0.278. The van der Waals surface area contributed by atoms with Gasteiger partial charge < -0.3 is 4.98 Å². The van der Waals surface area contributed by atoms with Gasteiger partial charge in [0.2, 0.25) is 0 Å². The molecule has 0 saturated heterocycles. The van der Waals surface area contributed by atoms with Crippen molar-refractivity contribution in [3.05, 3.63) is 46.3 Å². The summed E-state index contributed by atoms with van der Waals surface area (Å²) in [6.07, 6.45) is 2.21. The van der Waals surface area contributed by atoms with Crippen LogP contribution in [-0.2, 0) is 6.42 Å². The van der Waals surface area contributed by atoms with Crippen LogP contribution in [0.2, 0.25) is 0 Å². The van der Waals surface area contributed by atoms with Gasteiger partial charge >= 0.3 is 0 Å². The Balaban J connectivity index is 1.67. The van der Waals surface area contributed by atoms with Crippen molar-refractivity contribution in [2.75, 3.05) is 5.32 Å². The minimum absolute atomic E-state index is 0.125. The maximum absolute atomic E-state index is 12.6. The summed E-state index contributed by atoms with van der Waals surface area (Å²) in [7, 11) is 0. The number of hydrogen-bond donors (Lipinski definition) is 2. The third-order valence-electron chi connectivity index (χ3n) is 4.51. The van der Waals surface area contributed by atoms with E-state index in [2.05, 4.69) is 15.3 Å². The number of carbonyl (C=O) groups excluding carboxylic acids is 2. The molecule has 1 aromatic carbocycles. The molecule has 0 saturated carbocycles. The number of aromatic nitrogens is 2. The van der Waals surface area contributed by atoms with Gasteiger partial charge in [-0.2, -0.15) is 0 Å². The molecule has 122 valence electrons. The van der Waals surface area contributed by atoms with E-state index in [1.807, 2.05) is 32.0 Å². The van der Waals surface area contributed by atoms with Crippen molar-refractivity contribution in [1.82, 2.24) is 9.97 Å². The van der Waals surface area contributed by atoms with E-state index in [4.69, 9.17) is 0 Å². The number of rotatable bonds is 2. The van der Waals surface area contributed by atoms with E-state index >= 15 is 0 Å². The lowest BCUT2D eigenvalue weighted by Crippen LogP contribution is -2.13. The quantitative estimate of drug-likeness (QED) is 0.740. The van der Waals surface area contributed by atoms with Crippen LogP contribution in [0.15, 0.2) is 18.2 Å². The maximum Gasteiger partial charge on any atom is 0.274 e. The van der Waals surface area contributed by atoms with E-state index < -0.39 is 0 Å². The Kier molecular flexibility index (Phi) is 3.49. The number of thiazole rings is 1. The van der Waals surface area contributed by atoms with Gasteiger partial charge in [0.05, 0.1) is 10.2 Å². The van der Waals surface area contributed by atoms with E-state index in [0.29, 0.717) is 22.8 Å². The number of H-pyrrole nitrogens is 1. The molecule has 6 heteroatoms. The molecule has 1 aliphatic carbocycles. The average molecular weight is 339 g/mol. The number of hydrogen-bond acceptors (Lipinski definition) is 4. The van der Waals surface area contributed by atoms with Gasteiger partial charge in [0.25, 0.3) is 5.91 Å². The number of nitrogens with one attached hydrogen (secondary N) is 2. The fourth-order valence-electron chi connectivity index (χ4n) is 3.30. The van der Waals surface area contributed by atoms with Crippen LogP contribution in [0.5, 0.6) is 0 Å². The van der Waals surface area contributed by atoms with E-state index in [0.717, 1.165) is 39.9 Å². The summed E-state index contributed by atoms with van der Waals surface area (Å²) in [4.78, 5) is 32.4. The average Bonchev–Trinajstić information content (AvgIpc) is 3.10. The summed E-state index contributed by atoms with van der Waals surface area (Å²) >= 11 is 1.45. The highest BCUT2D eigenvalue weighted by Gasteiger charge is 2.26. The van der Waals surface area contributed by atoms with Gasteiger partial charge in [-0.3, -0.25) is 14.9 Å². The minimum Gasteiger partial charge on any atom is -0.354 e. The highest BCUT2D eigenvalue weighted by Crippen LogP contribution is 2.30. The smallest absolute Gasteiger partial charge is 0.274 e. The van der Waals surface area contributed by atoms with Crippen LogP contribution in [0.1, 0.15) is 50.5 Å². The number of para-hydroxylation sites is 1. The van der Waals surface area contributed by atoms with Crippen LogP contribution in [0.25, 0.3) is 10.2 Å². The number of aryl methyl sites for hydroxylation is 2. The summed E-state index contributed by atoms with van der Waals surface area (Å²) in [6, 6.07) is 5.98. The zero-order valence-electron chi connectivity index (χ0n) is 13.5. The van der Waals surface area contributed by atoms with Crippen molar-refractivity contribution in [1.29, 1.82) is 0 Å². The van der Waals surface area contributed by atoms with Crippen molar-refractivity contribution in [2.45, 2.75) is 33.1 Å². The third kappa shape index (κ3) is 2.34. The number of benzene rings is 1. The Morgan fingerprint density at radius 3 is 2.88 bits per heavy atom. The van der Waals surface area contributed by atoms with E-state index in [1.165, 1.54) is 11.3 Å². The maximum atomic E-state index is 12.6. The molecule has 0 radical (unpaired) electrons. The monoisotopic (exact) mass is 339 g/mol. The number of nitrogens with zero attached hydrogens (tertiary/aromatic N) is 1. The predicted octanol–water partition coefficient (Wildman–Crippen LogP) is 4.01. The Bertz CT molecular complexity index is 984. The molecule has 0 unspecified atom stereocenters. The molecule has 4 rings (SSSR count). The molecule has 2 N–H and O–H groups in total. The molecule has 0 bridgehead atoms. The first-order chi connectivity index (χ1) is 11.5. The number of aromatic amines is 1. The van der Waals surface area contributed by atoms with Crippen molar-refractivity contribution < 1.29 is 9.59 Å². The van der Waals surface area contributed by atoms with E-state index in [-0.39, 0.29) is 11.7 Å². The summed E-state index contributed by atoms with van der Waals surface area (Å²) < 4.78 is 1.04. The van der Waals surface area contributed by atoms with Gasteiger partial charge in [-0.15, -0.1) is 0 Å². The molecule has 3 aromatic rings. The normalized spacial score (nSPS) is 14.0. The SMILES string of the molecule is Cc1c(C(=O)Nc2nc3c(C)cccc3s2)[nH]c2c1C(=O)CCC2. The molecule has 24 heavy (non-hydrogen) atoms. The molecule has 1 amide bonds. The zero-order valence-corrected chi connectivity index (χ0v) is 14.3. The van der Waals surface area contributed by atoms with E-state index in [1.54, 1.807) is 0 Å². The first-order valence-electron chi connectivity index (χ1n) is 7.96. The highest BCUT2D eigenvalue weighted by molar-refractivity contribution is 7.22. The predicted molar refractivity (Wildman–Crippen MR) is 95.1 cm³/mol. The van der Waals surface area contributed by atoms with Crippen LogP contribution in [-0.4, -0.2) is 21.7 Å². The van der Waals surface area contributed by atoms with Crippen LogP contribution in [0.3, 0.4) is 0 Å². The third-order valence-corrected chi connectivity index (χ3v) is 5.44. The van der Waals surface area contributed by atoms with Gasteiger partial charge in [-0.25, -0.2) is 4.98 Å². The standard InChI is InChI=1S/C18H17N3O2S/c1-9-5-3-8-13-15(9)20-18(24-13)21-17(23)16-10(2)14-11(19-16)6-4-7-12(14)22/h3,5,8,19H,4,6-7H2,1-2H3,(H,20,21,23). The Labute approximate surface area is 143 Å². The second kappa shape index (κ2) is 5.56. The van der Waals surface area contributed by atoms with Crippen LogP contribution < -0.4 is 5.32 Å². The summed E-state index contributed by atoms with van der Waals surface area (Å²) in [5.74, 6) is -0.119. The first-order valence-corrected chi connectivity index (χ1v) is 8.78. The van der Waals surface area contributed by atoms with Crippen molar-refractivity contribution in [3.63, 3.8) is 0 Å². The van der Waals surface area contributed by atoms with Gasteiger partial charge in [0.1, 0.15) is 5.69 Å². The van der Waals surface area contributed by atoms with Gasteiger partial charge in [-0.1, -0.05) is 23.5 Å². The molecule has 5 nitrogen and oxygen atoms in total.